The van der Waals surface area contributed by atoms with Gasteiger partial charge in [-0.25, -0.2) is 0 Å². The molecular weight excluding hydrogens is 326 g/mol. The standard InChI is InChI=1S/C17H22BrN3/c1-3-15-9-16(21(4-2)20-15)10-17(11-19-12-17)13-5-7-14(18)8-6-13/h5-9,19H,3-4,10-12H2,1-2H3. The lowest BCUT2D eigenvalue weighted by atomic mass is 9.72. The summed E-state index contributed by atoms with van der Waals surface area (Å²) in [5.41, 5.74) is 4.20. The average Bonchev–Trinajstić information content (AvgIpc) is 2.86. The molecule has 0 spiro atoms. The Kier molecular flexibility index (Phi) is 4.18. The third-order valence-electron chi connectivity index (χ3n) is 4.48. The highest BCUT2D eigenvalue weighted by atomic mass is 79.9. The van der Waals surface area contributed by atoms with Crippen LogP contribution in [0.2, 0.25) is 0 Å². The van der Waals surface area contributed by atoms with E-state index in [0.29, 0.717) is 0 Å². The largest absolute Gasteiger partial charge is 0.315 e. The maximum Gasteiger partial charge on any atom is 0.0624 e. The Morgan fingerprint density at radius 3 is 2.48 bits per heavy atom. The molecule has 1 aromatic heterocycles. The normalized spacial score (nSPS) is 16.7. The lowest BCUT2D eigenvalue weighted by molar-refractivity contribution is 0.269. The van der Waals surface area contributed by atoms with Gasteiger partial charge in [-0.3, -0.25) is 4.68 Å². The van der Waals surface area contributed by atoms with E-state index in [1.165, 1.54) is 17.0 Å². The van der Waals surface area contributed by atoms with Gasteiger partial charge < -0.3 is 5.32 Å². The second-order valence-electron chi connectivity index (χ2n) is 5.86. The van der Waals surface area contributed by atoms with E-state index >= 15 is 0 Å². The summed E-state index contributed by atoms with van der Waals surface area (Å²) in [7, 11) is 0. The van der Waals surface area contributed by atoms with Crippen LogP contribution < -0.4 is 5.32 Å². The highest BCUT2D eigenvalue weighted by Gasteiger charge is 2.39. The molecule has 0 saturated carbocycles. The van der Waals surface area contributed by atoms with Crippen molar-refractivity contribution in [3.05, 3.63) is 51.8 Å². The van der Waals surface area contributed by atoms with Gasteiger partial charge in [0.1, 0.15) is 0 Å². The Labute approximate surface area is 134 Å². The SMILES string of the molecule is CCc1cc(CC2(c3ccc(Br)cc3)CNC2)n(CC)n1. The Balaban J connectivity index is 1.90. The molecule has 3 rings (SSSR count). The molecule has 0 unspecified atom stereocenters. The van der Waals surface area contributed by atoms with Crippen molar-refractivity contribution < 1.29 is 0 Å². The maximum absolute atomic E-state index is 4.69. The molecule has 0 aliphatic carbocycles. The van der Waals surface area contributed by atoms with Gasteiger partial charge in [0.15, 0.2) is 0 Å². The van der Waals surface area contributed by atoms with Crippen LogP contribution in [0.5, 0.6) is 0 Å². The van der Waals surface area contributed by atoms with Crippen LogP contribution in [0.3, 0.4) is 0 Å². The summed E-state index contributed by atoms with van der Waals surface area (Å²) < 4.78 is 3.30. The highest BCUT2D eigenvalue weighted by molar-refractivity contribution is 9.10. The molecule has 1 aromatic carbocycles. The van der Waals surface area contributed by atoms with Crippen molar-refractivity contribution in [2.75, 3.05) is 13.1 Å². The Morgan fingerprint density at radius 2 is 1.95 bits per heavy atom. The monoisotopic (exact) mass is 347 g/mol. The summed E-state index contributed by atoms with van der Waals surface area (Å²) in [4.78, 5) is 0. The minimum absolute atomic E-state index is 0.221. The first-order chi connectivity index (χ1) is 10.2. The fourth-order valence-corrected chi connectivity index (χ4v) is 3.38. The summed E-state index contributed by atoms with van der Waals surface area (Å²) in [5.74, 6) is 0. The molecule has 0 radical (unpaired) electrons. The summed E-state index contributed by atoms with van der Waals surface area (Å²) >= 11 is 3.52. The zero-order valence-corrected chi connectivity index (χ0v) is 14.3. The van der Waals surface area contributed by atoms with Crippen molar-refractivity contribution in [1.82, 2.24) is 15.1 Å². The van der Waals surface area contributed by atoms with Gasteiger partial charge in [0.25, 0.3) is 0 Å². The van der Waals surface area contributed by atoms with Crippen molar-refractivity contribution in [2.24, 2.45) is 0 Å². The van der Waals surface area contributed by atoms with E-state index in [4.69, 9.17) is 0 Å². The number of hydrogen-bond donors (Lipinski definition) is 1. The van der Waals surface area contributed by atoms with E-state index in [0.717, 1.165) is 36.9 Å². The van der Waals surface area contributed by atoms with Crippen LogP contribution in [0.1, 0.15) is 30.8 Å². The van der Waals surface area contributed by atoms with E-state index in [9.17, 15) is 0 Å². The number of nitrogens with zero attached hydrogens (tertiary/aromatic N) is 2. The van der Waals surface area contributed by atoms with Crippen molar-refractivity contribution >= 4 is 15.9 Å². The van der Waals surface area contributed by atoms with E-state index in [-0.39, 0.29) is 5.41 Å². The van der Waals surface area contributed by atoms with Crippen LogP contribution in [-0.4, -0.2) is 22.9 Å². The maximum atomic E-state index is 4.69. The Hall–Kier alpha value is -1.13. The molecule has 21 heavy (non-hydrogen) atoms. The summed E-state index contributed by atoms with van der Waals surface area (Å²) in [6.07, 6.45) is 2.06. The minimum atomic E-state index is 0.221. The number of benzene rings is 1. The zero-order chi connectivity index (χ0) is 14.9. The molecule has 2 heterocycles. The molecule has 112 valence electrons. The van der Waals surface area contributed by atoms with Crippen LogP contribution in [-0.2, 0) is 24.8 Å². The lowest BCUT2D eigenvalue weighted by Crippen LogP contribution is -2.58. The van der Waals surface area contributed by atoms with Crippen LogP contribution in [0, 0.1) is 0 Å². The molecule has 0 atom stereocenters. The van der Waals surface area contributed by atoms with Gasteiger partial charge in [0.2, 0.25) is 0 Å². The third-order valence-corrected chi connectivity index (χ3v) is 5.01. The lowest BCUT2D eigenvalue weighted by Gasteiger charge is -2.43. The topological polar surface area (TPSA) is 29.9 Å². The van der Waals surface area contributed by atoms with Gasteiger partial charge in [0, 0.05) is 41.6 Å². The predicted octanol–water partition coefficient (Wildman–Crippen LogP) is 3.31. The Morgan fingerprint density at radius 1 is 1.24 bits per heavy atom. The number of hydrogen-bond acceptors (Lipinski definition) is 2. The molecule has 0 amide bonds. The highest BCUT2D eigenvalue weighted by Crippen LogP contribution is 2.33. The quantitative estimate of drug-likeness (QED) is 0.899. The number of aromatic nitrogens is 2. The number of nitrogens with one attached hydrogen (secondary N) is 1. The molecule has 1 saturated heterocycles. The van der Waals surface area contributed by atoms with E-state index in [1.54, 1.807) is 0 Å². The summed E-state index contributed by atoms with van der Waals surface area (Å²) in [6.45, 7) is 7.37. The van der Waals surface area contributed by atoms with Crippen LogP contribution >= 0.6 is 15.9 Å². The van der Waals surface area contributed by atoms with Crippen LogP contribution in [0.4, 0.5) is 0 Å². The van der Waals surface area contributed by atoms with E-state index in [2.05, 4.69) is 75.2 Å². The smallest absolute Gasteiger partial charge is 0.0624 e. The van der Waals surface area contributed by atoms with Gasteiger partial charge in [-0.15, -0.1) is 0 Å². The first-order valence-corrected chi connectivity index (χ1v) is 8.48. The second kappa shape index (κ2) is 5.93. The van der Waals surface area contributed by atoms with Crippen LogP contribution in [0.25, 0.3) is 0 Å². The minimum Gasteiger partial charge on any atom is -0.315 e. The fraction of sp³-hybridized carbons (Fsp3) is 0.471. The molecule has 1 aliphatic heterocycles. The van der Waals surface area contributed by atoms with E-state index < -0.39 is 0 Å². The fourth-order valence-electron chi connectivity index (χ4n) is 3.11. The van der Waals surface area contributed by atoms with Gasteiger partial charge in [-0.2, -0.15) is 5.10 Å². The van der Waals surface area contributed by atoms with Gasteiger partial charge in [-0.05, 0) is 37.1 Å². The van der Waals surface area contributed by atoms with Crippen molar-refractivity contribution in [2.45, 2.75) is 38.6 Å². The Bertz CT molecular complexity index is 611. The van der Waals surface area contributed by atoms with Crippen LogP contribution in [0.15, 0.2) is 34.8 Å². The first-order valence-electron chi connectivity index (χ1n) is 7.69. The van der Waals surface area contributed by atoms with Crippen molar-refractivity contribution in [3.63, 3.8) is 0 Å². The zero-order valence-electron chi connectivity index (χ0n) is 12.7. The number of rotatable bonds is 5. The second-order valence-corrected chi connectivity index (χ2v) is 6.78. The molecule has 4 heteroatoms. The number of aryl methyl sites for hydroxylation is 2. The predicted molar refractivity (Wildman–Crippen MR) is 89.7 cm³/mol. The average molecular weight is 348 g/mol. The molecule has 0 bridgehead atoms. The van der Waals surface area contributed by atoms with Gasteiger partial charge >= 0.3 is 0 Å². The number of halogens is 1. The molecule has 1 aliphatic rings. The summed E-state index contributed by atoms with van der Waals surface area (Å²) in [5, 5.41) is 8.14. The first kappa shape index (κ1) is 14.8. The summed E-state index contributed by atoms with van der Waals surface area (Å²) in [6, 6.07) is 11.1. The molecule has 1 N–H and O–H groups in total. The van der Waals surface area contributed by atoms with Crippen molar-refractivity contribution in [3.8, 4) is 0 Å². The molecule has 1 fully saturated rings. The third kappa shape index (κ3) is 2.79. The molecule has 2 aromatic rings. The molecular formula is C17H22BrN3. The van der Waals surface area contributed by atoms with Gasteiger partial charge in [0.05, 0.1) is 5.69 Å². The molecule has 3 nitrogen and oxygen atoms in total. The van der Waals surface area contributed by atoms with E-state index in [1.807, 2.05) is 0 Å². The van der Waals surface area contributed by atoms with Crippen molar-refractivity contribution in [1.29, 1.82) is 0 Å². The van der Waals surface area contributed by atoms with Gasteiger partial charge in [-0.1, -0.05) is 35.0 Å².